The van der Waals surface area contributed by atoms with Crippen molar-refractivity contribution < 1.29 is 0 Å². The van der Waals surface area contributed by atoms with Gasteiger partial charge in [-0.2, -0.15) is 5.10 Å². The molecule has 0 unspecified atom stereocenters. The van der Waals surface area contributed by atoms with Gasteiger partial charge in [0.2, 0.25) is 0 Å². The Kier molecular flexibility index (Phi) is 6.74. The second-order valence-electron chi connectivity index (χ2n) is 5.97. The van der Waals surface area contributed by atoms with Gasteiger partial charge < -0.3 is 5.32 Å². The maximum atomic E-state index is 12.2. The quantitative estimate of drug-likeness (QED) is 0.711. The lowest BCUT2D eigenvalue weighted by Gasteiger charge is -2.12. The summed E-state index contributed by atoms with van der Waals surface area (Å²) in [4.78, 5) is 12.2. The van der Waals surface area contributed by atoms with E-state index in [9.17, 15) is 4.79 Å². The molecule has 0 atom stereocenters. The molecule has 0 radical (unpaired) electrons. The molecule has 5 heteroatoms. The van der Waals surface area contributed by atoms with Crippen LogP contribution in [0.1, 0.15) is 58.3 Å². The molecule has 1 aliphatic carbocycles. The largest absolute Gasteiger partial charge is 0.383 e. The molecule has 118 valence electrons. The standard InChI is InChI=1S/C16H26BrN3O/c1-2-3-11-20-16(21)15(17)14(12-19-20)18-10-6-9-13-7-4-5-8-13/h12-13,18H,2-11H2,1H3. The highest BCUT2D eigenvalue weighted by molar-refractivity contribution is 9.10. The number of hydrogen-bond acceptors (Lipinski definition) is 3. The van der Waals surface area contributed by atoms with Crippen LogP contribution < -0.4 is 10.9 Å². The fourth-order valence-electron chi connectivity index (χ4n) is 2.97. The number of halogens is 1. The van der Waals surface area contributed by atoms with E-state index in [2.05, 4.69) is 33.3 Å². The van der Waals surface area contributed by atoms with Gasteiger partial charge in [-0.25, -0.2) is 4.68 Å². The van der Waals surface area contributed by atoms with Crippen molar-refractivity contribution in [2.45, 2.75) is 64.8 Å². The molecule has 1 aromatic rings. The van der Waals surface area contributed by atoms with Crippen LogP contribution in [0.3, 0.4) is 0 Å². The number of aryl methyl sites for hydroxylation is 1. The lowest BCUT2D eigenvalue weighted by Crippen LogP contribution is -2.24. The van der Waals surface area contributed by atoms with E-state index in [1.54, 1.807) is 6.20 Å². The number of aromatic nitrogens is 2. The van der Waals surface area contributed by atoms with Crippen molar-refractivity contribution in [3.05, 3.63) is 21.0 Å². The Morgan fingerprint density at radius 1 is 1.38 bits per heavy atom. The molecule has 1 aliphatic rings. The molecule has 0 bridgehead atoms. The van der Waals surface area contributed by atoms with Crippen LogP contribution in [-0.2, 0) is 6.54 Å². The van der Waals surface area contributed by atoms with Crippen molar-refractivity contribution in [3.8, 4) is 0 Å². The van der Waals surface area contributed by atoms with E-state index in [0.29, 0.717) is 11.0 Å². The molecular formula is C16H26BrN3O. The molecule has 0 amide bonds. The second-order valence-corrected chi connectivity index (χ2v) is 6.77. The number of unbranched alkanes of at least 4 members (excludes halogenated alkanes) is 1. The maximum absolute atomic E-state index is 12.2. The van der Waals surface area contributed by atoms with Crippen LogP contribution in [0.5, 0.6) is 0 Å². The van der Waals surface area contributed by atoms with Crippen molar-refractivity contribution in [2.24, 2.45) is 5.92 Å². The van der Waals surface area contributed by atoms with Crippen molar-refractivity contribution in [2.75, 3.05) is 11.9 Å². The predicted molar refractivity (Wildman–Crippen MR) is 90.8 cm³/mol. The minimum absolute atomic E-state index is 0.0377. The monoisotopic (exact) mass is 355 g/mol. The average Bonchev–Trinajstić information content (AvgIpc) is 3.00. The Balaban J connectivity index is 1.82. The smallest absolute Gasteiger partial charge is 0.283 e. The van der Waals surface area contributed by atoms with Crippen LogP contribution >= 0.6 is 15.9 Å². The Morgan fingerprint density at radius 2 is 2.14 bits per heavy atom. The topological polar surface area (TPSA) is 46.9 Å². The van der Waals surface area contributed by atoms with E-state index in [1.807, 2.05) is 0 Å². The predicted octanol–water partition coefficient (Wildman–Crippen LogP) is 4.19. The molecule has 1 fully saturated rings. The van der Waals surface area contributed by atoms with Gasteiger partial charge in [-0.1, -0.05) is 39.0 Å². The summed E-state index contributed by atoms with van der Waals surface area (Å²) in [5.74, 6) is 0.926. The molecule has 21 heavy (non-hydrogen) atoms. The number of hydrogen-bond donors (Lipinski definition) is 1. The van der Waals surface area contributed by atoms with E-state index in [1.165, 1.54) is 36.8 Å². The summed E-state index contributed by atoms with van der Waals surface area (Å²) in [5, 5.41) is 7.58. The van der Waals surface area contributed by atoms with Gasteiger partial charge in [-0.3, -0.25) is 4.79 Å². The van der Waals surface area contributed by atoms with Crippen LogP contribution in [0, 0.1) is 5.92 Å². The van der Waals surface area contributed by atoms with Gasteiger partial charge in [-0.15, -0.1) is 0 Å². The Morgan fingerprint density at radius 3 is 2.86 bits per heavy atom. The van der Waals surface area contributed by atoms with E-state index in [0.717, 1.165) is 37.4 Å². The van der Waals surface area contributed by atoms with Gasteiger partial charge >= 0.3 is 0 Å². The molecule has 0 aromatic carbocycles. The maximum Gasteiger partial charge on any atom is 0.283 e. The number of nitrogens with one attached hydrogen (secondary N) is 1. The number of rotatable bonds is 8. The fraction of sp³-hybridized carbons (Fsp3) is 0.750. The molecule has 2 rings (SSSR count). The average molecular weight is 356 g/mol. The summed E-state index contributed by atoms with van der Waals surface area (Å²) in [6.45, 7) is 3.71. The zero-order chi connectivity index (χ0) is 15.1. The van der Waals surface area contributed by atoms with E-state index in [4.69, 9.17) is 0 Å². The third-order valence-electron chi connectivity index (χ3n) is 4.29. The Hall–Kier alpha value is -0.840. The first-order chi connectivity index (χ1) is 10.2. The Labute approximate surface area is 135 Å². The molecule has 1 aromatic heterocycles. The van der Waals surface area contributed by atoms with Gasteiger partial charge in [0.15, 0.2) is 0 Å². The summed E-state index contributed by atoms with van der Waals surface area (Å²) >= 11 is 3.41. The normalized spacial score (nSPS) is 15.5. The SMILES string of the molecule is CCCCn1ncc(NCCCC2CCCC2)c(Br)c1=O. The first-order valence-corrected chi connectivity index (χ1v) is 9.01. The first-order valence-electron chi connectivity index (χ1n) is 8.22. The van der Waals surface area contributed by atoms with E-state index >= 15 is 0 Å². The van der Waals surface area contributed by atoms with Crippen LogP contribution in [0.15, 0.2) is 15.5 Å². The highest BCUT2D eigenvalue weighted by Crippen LogP contribution is 2.28. The van der Waals surface area contributed by atoms with Crippen molar-refractivity contribution in [1.29, 1.82) is 0 Å². The molecule has 0 spiro atoms. The number of anilines is 1. The summed E-state index contributed by atoms with van der Waals surface area (Å²) in [6, 6.07) is 0. The highest BCUT2D eigenvalue weighted by Gasteiger charge is 2.14. The molecular weight excluding hydrogens is 330 g/mol. The van der Waals surface area contributed by atoms with E-state index < -0.39 is 0 Å². The second kappa shape index (κ2) is 8.57. The van der Waals surface area contributed by atoms with Crippen molar-refractivity contribution in [3.63, 3.8) is 0 Å². The molecule has 1 N–H and O–H groups in total. The minimum atomic E-state index is -0.0377. The first kappa shape index (κ1) is 16.5. The van der Waals surface area contributed by atoms with E-state index in [-0.39, 0.29) is 5.56 Å². The third-order valence-corrected chi connectivity index (χ3v) is 5.05. The molecule has 0 saturated heterocycles. The number of nitrogens with zero attached hydrogens (tertiary/aromatic N) is 2. The fourth-order valence-corrected chi connectivity index (χ4v) is 3.42. The summed E-state index contributed by atoms with van der Waals surface area (Å²) in [7, 11) is 0. The molecule has 1 heterocycles. The third kappa shape index (κ3) is 4.83. The van der Waals surface area contributed by atoms with Crippen LogP contribution in [0.4, 0.5) is 5.69 Å². The summed E-state index contributed by atoms with van der Waals surface area (Å²) in [5.41, 5.74) is 0.781. The van der Waals surface area contributed by atoms with Gasteiger partial charge in [-0.05, 0) is 41.1 Å². The van der Waals surface area contributed by atoms with Gasteiger partial charge in [0.05, 0.1) is 11.9 Å². The molecule has 0 aliphatic heterocycles. The van der Waals surface area contributed by atoms with Crippen LogP contribution in [-0.4, -0.2) is 16.3 Å². The summed E-state index contributed by atoms with van der Waals surface area (Å²) in [6.07, 6.45) is 11.9. The zero-order valence-corrected chi connectivity index (χ0v) is 14.5. The van der Waals surface area contributed by atoms with Crippen LogP contribution in [0.25, 0.3) is 0 Å². The van der Waals surface area contributed by atoms with Gasteiger partial charge in [0.1, 0.15) is 4.47 Å². The minimum Gasteiger partial charge on any atom is -0.383 e. The van der Waals surface area contributed by atoms with Crippen LogP contribution in [0.2, 0.25) is 0 Å². The molecule has 1 saturated carbocycles. The molecule has 4 nitrogen and oxygen atoms in total. The highest BCUT2D eigenvalue weighted by atomic mass is 79.9. The lowest BCUT2D eigenvalue weighted by atomic mass is 10.0. The van der Waals surface area contributed by atoms with Crippen molar-refractivity contribution >= 4 is 21.6 Å². The van der Waals surface area contributed by atoms with Crippen molar-refractivity contribution in [1.82, 2.24) is 9.78 Å². The zero-order valence-electron chi connectivity index (χ0n) is 12.9. The summed E-state index contributed by atoms with van der Waals surface area (Å²) < 4.78 is 2.14. The van der Waals surface area contributed by atoms with Gasteiger partial charge in [0, 0.05) is 13.1 Å². The Bertz CT molecular complexity index is 495. The van der Waals surface area contributed by atoms with Gasteiger partial charge in [0.25, 0.3) is 5.56 Å². The lowest BCUT2D eigenvalue weighted by molar-refractivity contribution is 0.491.